The van der Waals surface area contributed by atoms with E-state index in [-0.39, 0.29) is 6.61 Å². The second-order valence-electron chi connectivity index (χ2n) is 3.54. The van der Waals surface area contributed by atoms with Crippen LogP contribution >= 0.6 is 0 Å². The molecule has 0 saturated carbocycles. The lowest BCUT2D eigenvalue weighted by molar-refractivity contribution is 0.281. The van der Waals surface area contributed by atoms with E-state index in [0.29, 0.717) is 17.1 Å². The van der Waals surface area contributed by atoms with Gasteiger partial charge in [-0.25, -0.2) is 0 Å². The zero-order valence-electron chi connectivity index (χ0n) is 9.13. The van der Waals surface area contributed by atoms with Crippen LogP contribution in [0.25, 0.3) is 0 Å². The summed E-state index contributed by atoms with van der Waals surface area (Å²) in [6, 6.07) is 16.2. The van der Waals surface area contributed by atoms with Crippen molar-refractivity contribution >= 4 is 0 Å². The van der Waals surface area contributed by atoms with Crippen LogP contribution in [-0.2, 0) is 6.61 Å². The van der Waals surface area contributed by atoms with Crippen molar-refractivity contribution < 1.29 is 9.84 Å². The molecule has 0 amide bonds. The molecule has 0 aliphatic rings. The molecule has 84 valence electrons. The van der Waals surface area contributed by atoms with Gasteiger partial charge in [-0.3, -0.25) is 0 Å². The van der Waals surface area contributed by atoms with Crippen molar-refractivity contribution in [2.75, 3.05) is 0 Å². The lowest BCUT2D eigenvalue weighted by Crippen LogP contribution is -1.86. The smallest absolute Gasteiger partial charge is 0.128 e. The molecule has 2 rings (SSSR count). The third kappa shape index (κ3) is 2.83. The van der Waals surface area contributed by atoms with Gasteiger partial charge in [0.15, 0.2) is 0 Å². The largest absolute Gasteiger partial charge is 0.457 e. The second-order valence-corrected chi connectivity index (χ2v) is 3.54. The van der Waals surface area contributed by atoms with Crippen LogP contribution in [0, 0.1) is 11.3 Å². The number of aliphatic hydroxyl groups excluding tert-OH is 1. The fraction of sp³-hybridized carbons (Fsp3) is 0.0714. The molecule has 0 heterocycles. The number of benzene rings is 2. The summed E-state index contributed by atoms with van der Waals surface area (Å²) in [4.78, 5) is 0. The topological polar surface area (TPSA) is 53.2 Å². The molecule has 0 aromatic heterocycles. The number of nitriles is 1. The van der Waals surface area contributed by atoms with Crippen LogP contribution in [0.5, 0.6) is 11.5 Å². The highest BCUT2D eigenvalue weighted by molar-refractivity contribution is 5.39. The van der Waals surface area contributed by atoms with Crippen LogP contribution in [0.15, 0.2) is 48.5 Å². The van der Waals surface area contributed by atoms with Crippen molar-refractivity contribution in [3.63, 3.8) is 0 Å². The van der Waals surface area contributed by atoms with Gasteiger partial charge < -0.3 is 9.84 Å². The van der Waals surface area contributed by atoms with E-state index >= 15 is 0 Å². The SMILES string of the molecule is N#Cc1cccc(Oc2ccc(CO)cc2)c1. The third-order valence-corrected chi connectivity index (χ3v) is 2.30. The van der Waals surface area contributed by atoms with Crippen molar-refractivity contribution in [1.29, 1.82) is 5.26 Å². The van der Waals surface area contributed by atoms with Gasteiger partial charge in [0.25, 0.3) is 0 Å². The quantitative estimate of drug-likeness (QED) is 0.873. The molecule has 1 N–H and O–H groups in total. The van der Waals surface area contributed by atoms with E-state index < -0.39 is 0 Å². The Kier molecular flexibility index (Phi) is 3.39. The highest BCUT2D eigenvalue weighted by Crippen LogP contribution is 2.22. The van der Waals surface area contributed by atoms with Crippen LogP contribution in [0.4, 0.5) is 0 Å². The molecular formula is C14H11NO2. The summed E-state index contributed by atoms with van der Waals surface area (Å²) in [7, 11) is 0. The maximum Gasteiger partial charge on any atom is 0.128 e. The Morgan fingerprint density at radius 2 is 1.82 bits per heavy atom. The van der Waals surface area contributed by atoms with E-state index in [1.165, 1.54) is 0 Å². The van der Waals surface area contributed by atoms with Crippen LogP contribution in [0.1, 0.15) is 11.1 Å². The highest BCUT2D eigenvalue weighted by Gasteiger charge is 1.99. The van der Waals surface area contributed by atoms with E-state index in [2.05, 4.69) is 6.07 Å². The van der Waals surface area contributed by atoms with Gasteiger partial charge >= 0.3 is 0 Å². The number of aliphatic hydroxyl groups is 1. The van der Waals surface area contributed by atoms with Crippen LogP contribution in [0.3, 0.4) is 0 Å². The standard InChI is InChI=1S/C14H11NO2/c15-9-12-2-1-3-14(8-12)17-13-6-4-11(10-16)5-7-13/h1-8,16H,10H2. The first-order chi connectivity index (χ1) is 8.31. The molecule has 0 spiro atoms. The van der Waals surface area contributed by atoms with Crippen LogP contribution < -0.4 is 4.74 Å². The number of hydrogen-bond donors (Lipinski definition) is 1. The molecule has 0 atom stereocenters. The third-order valence-electron chi connectivity index (χ3n) is 2.30. The van der Waals surface area contributed by atoms with Gasteiger partial charge in [0.2, 0.25) is 0 Å². The lowest BCUT2D eigenvalue weighted by Gasteiger charge is -2.06. The van der Waals surface area contributed by atoms with Crippen molar-refractivity contribution in [3.8, 4) is 17.6 Å². The van der Waals surface area contributed by atoms with E-state index in [0.717, 1.165) is 5.56 Å². The first-order valence-electron chi connectivity index (χ1n) is 5.19. The van der Waals surface area contributed by atoms with Gasteiger partial charge in [0, 0.05) is 0 Å². The Hall–Kier alpha value is -2.31. The molecule has 0 saturated heterocycles. The zero-order chi connectivity index (χ0) is 12.1. The molecule has 17 heavy (non-hydrogen) atoms. The lowest BCUT2D eigenvalue weighted by atomic mass is 10.2. The van der Waals surface area contributed by atoms with Gasteiger partial charge in [0.05, 0.1) is 18.2 Å². The molecule has 0 aliphatic carbocycles. The van der Waals surface area contributed by atoms with E-state index in [9.17, 15) is 0 Å². The first-order valence-corrected chi connectivity index (χ1v) is 5.19. The summed E-state index contributed by atoms with van der Waals surface area (Å²) in [5.74, 6) is 1.30. The molecule has 2 aromatic rings. The predicted octanol–water partition coefficient (Wildman–Crippen LogP) is 2.84. The van der Waals surface area contributed by atoms with E-state index in [1.807, 2.05) is 0 Å². The first kappa shape index (κ1) is 11.2. The molecule has 3 nitrogen and oxygen atoms in total. The van der Waals surface area contributed by atoms with Gasteiger partial charge in [-0.1, -0.05) is 18.2 Å². The Balaban J connectivity index is 2.16. The molecule has 3 heteroatoms. The molecule has 0 fully saturated rings. The average molecular weight is 225 g/mol. The number of nitrogens with zero attached hydrogens (tertiary/aromatic N) is 1. The fourth-order valence-electron chi connectivity index (χ4n) is 1.43. The van der Waals surface area contributed by atoms with E-state index in [4.69, 9.17) is 15.1 Å². The van der Waals surface area contributed by atoms with Crippen molar-refractivity contribution in [2.24, 2.45) is 0 Å². The highest BCUT2D eigenvalue weighted by atomic mass is 16.5. The van der Waals surface area contributed by atoms with Gasteiger partial charge in [-0.05, 0) is 35.9 Å². The van der Waals surface area contributed by atoms with Gasteiger partial charge in [0.1, 0.15) is 11.5 Å². The Labute approximate surface area is 99.5 Å². The number of hydrogen-bond acceptors (Lipinski definition) is 3. The summed E-state index contributed by atoms with van der Waals surface area (Å²) >= 11 is 0. The average Bonchev–Trinajstić information content (AvgIpc) is 2.40. The molecule has 0 radical (unpaired) electrons. The summed E-state index contributed by atoms with van der Waals surface area (Å²) in [5, 5.41) is 17.7. The summed E-state index contributed by atoms with van der Waals surface area (Å²) in [5.41, 5.74) is 1.40. The minimum Gasteiger partial charge on any atom is -0.457 e. The molecular weight excluding hydrogens is 214 g/mol. The zero-order valence-corrected chi connectivity index (χ0v) is 9.13. The summed E-state index contributed by atoms with van der Waals surface area (Å²) in [6.07, 6.45) is 0. The summed E-state index contributed by atoms with van der Waals surface area (Å²) < 4.78 is 5.59. The van der Waals surface area contributed by atoms with Gasteiger partial charge in [-0.2, -0.15) is 5.26 Å². The van der Waals surface area contributed by atoms with Crippen molar-refractivity contribution in [3.05, 3.63) is 59.7 Å². The number of ether oxygens (including phenoxy) is 1. The summed E-state index contributed by atoms with van der Waals surface area (Å²) in [6.45, 7) is 0.0181. The molecule has 0 aliphatic heterocycles. The normalized spacial score (nSPS) is 9.65. The fourth-order valence-corrected chi connectivity index (χ4v) is 1.43. The maximum atomic E-state index is 8.91. The Morgan fingerprint density at radius 3 is 2.47 bits per heavy atom. The minimum absolute atomic E-state index is 0.0181. The maximum absolute atomic E-state index is 8.91. The van der Waals surface area contributed by atoms with Crippen molar-refractivity contribution in [1.82, 2.24) is 0 Å². The molecule has 2 aromatic carbocycles. The second kappa shape index (κ2) is 5.15. The minimum atomic E-state index is 0.0181. The van der Waals surface area contributed by atoms with Crippen LogP contribution in [0.2, 0.25) is 0 Å². The Bertz CT molecular complexity index is 541. The Morgan fingerprint density at radius 1 is 1.06 bits per heavy atom. The number of rotatable bonds is 3. The van der Waals surface area contributed by atoms with Crippen LogP contribution in [-0.4, -0.2) is 5.11 Å². The van der Waals surface area contributed by atoms with Gasteiger partial charge in [-0.15, -0.1) is 0 Å². The van der Waals surface area contributed by atoms with E-state index in [1.54, 1.807) is 48.5 Å². The molecule has 0 unspecified atom stereocenters. The monoisotopic (exact) mass is 225 g/mol. The molecule has 0 bridgehead atoms. The predicted molar refractivity (Wildman–Crippen MR) is 63.6 cm³/mol. The van der Waals surface area contributed by atoms with Crippen molar-refractivity contribution in [2.45, 2.75) is 6.61 Å².